The largest absolute Gasteiger partial charge is 0.380 e. The van der Waals surface area contributed by atoms with E-state index in [0.717, 1.165) is 6.07 Å². The van der Waals surface area contributed by atoms with E-state index in [1.165, 1.54) is 13.2 Å². The summed E-state index contributed by atoms with van der Waals surface area (Å²) in [5.41, 5.74) is 1.12. The molecule has 0 spiro atoms. The third-order valence-corrected chi connectivity index (χ3v) is 2.06. The molecule has 78 valence electrons. The monoisotopic (exact) mass is 200 g/mol. The van der Waals surface area contributed by atoms with Gasteiger partial charge in [0.05, 0.1) is 6.61 Å². The van der Waals surface area contributed by atoms with E-state index in [2.05, 4.69) is 0 Å². The van der Waals surface area contributed by atoms with E-state index in [9.17, 15) is 8.78 Å². The maximum absolute atomic E-state index is 13.4. The number of hydrogen-bond acceptors (Lipinski definition) is 1. The zero-order chi connectivity index (χ0) is 10.7. The van der Waals surface area contributed by atoms with Crippen molar-refractivity contribution in [3.05, 3.63) is 34.9 Å². The second-order valence-electron chi connectivity index (χ2n) is 3.55. The molecule has 0 saturated heterocycles. The van der Waals surface area contributed by atoms with Crippen LogP contribution in [0.3, 0.4) is 0 Å². The zero-order valence-electron chi connectivity index (χ0n) is 8.60. The van der Waals surface area contributed by atoms with E-state index in [4.69, 9.17) is 4.74 Å². The molecule has 0 bridgehead atoms. The molecule has 1 aromatic rings. The van der Waals surface area contributed by atoms with Crippen LogP contribution >= 0.6 is 0 Å². The topological polar surface area (TPSA) is 9.23 Å². The van der Waals surface area contributed by atoms with Crippen LogP contribution in [0.4, 0.5) is 8.78 Å². The fraction of sp³-hybridized carbons (Fsp3) is 0.455. The number of hydrogen-bond donors (Lipinski definition) is 0. The maximum Gasteiger partial charge on any atom is 0.129 e. The molecule has 0 fully saturated rings. The lowest BCUT2D eigenvalue weighted by Gasteiger charge is -2.13. The van der Waals surface area contributed by atoms with Crippen LogP contribution in [0.1, 0.15) is 30.9 Å². The third-order valence-electron chi connectivity index (χ3n) is 2.06. The van der Waals surface area contributed by atoms with Gasteiger partial charge >= 0.3 is 0 Å². The van der Waals surface area contributed by atoms with Crippen molar-refractivity contribution in [1.29, 1.82) is 0 Å². The second-order valence-corrected chi connectivity index (χ2v) is 3.55. The van der Waals surface area contributed by atoms with Gasteiger partial charge in [0.1, 0.15) is 11.6 Å². The minimum Gasteiger partial charge on any atom is -0.380 e. The summed E-state index contributed by atoms with van der Waals surface area (Å²) >= 11 is 0. The van der Waals surface area contributed by atoms with Crippen molar-refractivity contribution in [1.82, 2.24) is 0 Å². The minimum absolute atomic E-state index is 0.0285. The average molecular weight is 200 g/mol. The normalized spacial score (nSPS) is 11.0. The van der Waals surface area contributed by atoms with Crippen molar-refractivity contribution >= 4 is 0 Å². The molecule has 1 aromatic carbocycles. The van der Waals surface area contributed by atoms with Gasteiger partial charge in [0.15, 0.2) is 0 Å². The van der Waals surface area contributed by atoms with Gasteiger partial charge in [0, 0.05) is 13.2 Å². The highest BCUT2D eigenvalue weighted by molar-refractivity contribution is 5.31. The highest BCUT2D eigenvalue weighted by Crippen LogP contribution is 2.24. The van der Waals surface area contributed by atoms with Gasteiger partial charge in [-0.15, -0.1) is 0 Å². The van der Waals surface area contributed by atoms with Crippen LogP contribution in [-0.4, -0.2) is 7.11 Å². The summed E-state index contributed by atoms with van der Waals surface area (Å²) in [6.07, 6.45) is 0. The van der Waals surface area contributed by atoms with Crippen LogP contribution in [0, 0.1) is 11.6 Å². The van der Waals surface area contributed by atoms with Gasteiger partial charge in [-0.05, 0) is 23.1 Å². The molecule has 3 heteroatoms. The Balaban J connectivity index is 3.21. The van der Waals surface area contributed by atoms with E-state index < -0.39 is 11.6 Å². The quantitative estimate of drug-likeness (QED) is 0.727. The van der Waals surface area contributed by atoms with E-state index in [1.807, 2.05) is 13.8 Å². The van der Waals surface area contributed by atoms with E-state index >= 15 is 0 Å². The Morgan fingerprint density at radius 3 is 2.43 bits per heavy atom. The summed E-state index contributed by atoms with van der Waals surface area (Å²) in [6, 6.07) is 2.23. The Labute approximate surface area is 82.7 Å². The van der Waals surface area contributed by atoms with Gasteiger partial charge in [-0.3, -0.25) is 0 Å². The van der Waals surface area contributed by atoms with Crippen molar-refractivity contribution in [3.63, 3.8) is 0 Å². The van der Waals surface area contributed by atoms with Gasteiger partial charge < -0.3 is 4.74 Å². The molecule has 14 heavy (non-hydrogen) atoms. The first-order valence-corrected chi connectivity index (χ1v) is 4.53. The lowest BCUT2D eigenvalue weighted by molar-refractivity contribution is 0.183. The molecular formula is C11H14F2O. The van der Waals surface area contributed by atoms with Crippen molar-refractivity contribution in [2.45, 2.75) is 26.4 Å². The van der Waals surface area contributed by atoms with Crippen LogP contribution in [0.5, 0.6) is 0 Å². The molecule has 0 amide bonds. The highest BCUT2D eigenvalue weighted by atomic mass is 19.1. The molecule has 0 atom stereocenters. The van der Waals surface area contributed by atoms with Gasteiger partial charge in [-0.2, -0.15) is 0 Å². The number of halogens is 2. The van der Waals surface area contributed by atoms with E-state index in [-0.39, 0.29) is 12.5 Å². The maximum atomic E-state index is 13.4. The van der Waals surface area contributed by atoms with Gasteiger partial charge in [0.25, 0.3) is 0 Å². The summed E-state index contributed by atoms with van der Waals surface area (Å²) < 4.78 is 31.2. The standard InChI is InChI=1S/C11H14F2O/c1-7(2)11-8(6-14-3)4-9(12)5-10(11)13/h4-5,7H,6H2,1-3H3. The molecule has 1 rings (SSSR count). The molecule has 0 radical (unpaired) electrons. The molecular weight excluding hydrogens is 186 g/mol. The first-order chi connectivity index (χ1) is 6.56. The number of ether oxygens (including phenoxy) is 1. The summed E-state index contributed by atoms with van der Waals surface area (Å²) in [5, 5.41) is 0. The zero-order valence-corrected chi connectivity index (χ0v) is 8.60. The second kappa shape index (κ2) is 4.51. The average Bonchev–Trinajstić information content (AvgIpc) is 2.01. The Morgan fingerprint density at radius 1 is 1.29 bits per heavy atom. The molecule has 0 aliphatic heterocycles. The predicted octanol–water partition coefficient (Wildman–Crippen LogP) is 3.23. The van der Waals surface area contributed by atoms with Crippen molar-refractivity contribution in [2.75, 3.05) is 7.11 Å². The molecule has 0 aliphatic rings. The van der Waals surface area contributed by atoms with Crippen LogP contribution in [-0.2, 0) is 11.3 Å². The van der Waals surface area contributed by atoms with Crippen LogP contribution in [0.15, 0.2) is 12.1 Å². The third kappa shape index (κ3) is 2.29. The first-order valence-electron chi connectivity index (χ1n) is 4.53. The smallest absolute Gasteiger partial charge is 0.129 e. The molecule has 0 saturated carbocycles. The Bertz CT molecular complexity index is 321. The Kier molecular flexibility index (Phi) is 3.58. The molecule has 0 aromatic heterocycles. The molecule has 0 N–H and O–H groups in total. The summed E-state index contributed by atoms with van der Waals surface area (Å²) in [7, 11) is 1.51. The fourth-order valence-electron chi connectivity index (χ4n) is 1.56. The Morgan fingerprint density at radius 2 is 1.93 bits per heavy atom. The first kappa shape index (κ1) is 11.1. The lowest BCUT2D eigenvalue weighted by atomic mass is 9.97. The number of rotatable bonds is 3. The van der Waals surface area contributed by atoms with E-state index in [1.54, 1.807) is 0 Å². The van der Waals surface area contributed by atoms with E-state index in [0.29, 0.717) is 11.1 Å². The molecule has 1 nitrogen and oxygen atoms in total. The van der Waals surface area contributed by atoms with Crippen LogP contribution < -0.4 is 0 Å². The van der Waals surface area contributed by atoms with Crippen molar-refractivity contribution in [3.8, 4) is 0 Å². The van der Waals surface area contributed by atoms with Gasteiger partial charge in [-0.1, -0.05) is 13.8 Å². The van der Waals surface area contributed by atoms with Crippen LogP contribution in [0.2, 0.25) is 0 Å². The van der Waals surface area contributed by atoms with Gasteiger partial charge in [-0.25, -0.2) is 8.78 Å². The Hall–Kier alpha value is -0.960. The number of methoxy groups -OCH3 is 1. The summed E-state index contributed by atoms with van der Waals surface area (Å²) in [6.45, 7) is 3.98. The van der Waals surface area contributed by atoms with Gasteiger partial charge in [0.2, 0.25) is 0 Å². The SMILES string of the molecule is COCc1cc(F)cc(F)c1C(C)C. The minimum atomic E-state index is -0.557. The van der Waals surface area contributed by atoms with Crippen molar-refractivity contribution < 1.29 is 13.5 Å². The summed E-state index contributed by atoms with van der Waals surface area (Å²) in [5.74, 6) is -1.02. The summed E-state index contributed by atoms with van der Waals surface area (Å²) in [4.78, 5) is 0. The molecule has 0 unspecified atom stereocenters. The molecule has 0 heterocycles. The molecule has 0 aliphatic carbocycles. The van der Waals surface area contributed by atoms with Crippen LogP contribution in [0.25, 0.3) is 0 Å². The fourth-order valence-corrected chi connectivity index (χ4v) is 1.56. The highest BCUT2D eigenvalue weighted by Gasteiger charge is 2.13. The predicted molar refractivity (Wildman–Crippen MR) is 51.2 cm³/mol. The lowest BCUT2D eigenvalue weighted by Crippen LogP contribution is -2.02. The number of benzene rings is 1. The van der Waals surface area contributed by atoms with Crippen molar-refractivity contribution in [2.24, 2.45) is 0 Å².